The van der Waals surface area contributed by atoms with Crippen molar-refractivity contribution in [1.29, 1.82) is 0 Å². The maximum absolute atomic E-state index is 11.7. The number of hydrazine groups is 1. The Labute approximate surface area is 114 Å². The van der Waals surface area contributed by atoms with Gasteiger partial charge in [0.25, 0.3) is 5.56 Å². The zero-order valence-electron chi connectivity index (χ0n) is 12.2. The van der Waals surface area contributed by atoms with Crippen LogP contribution in [0.3, 0.4) is 0 Å². The van der Waals surface area contributed by atoms with Gasteiger partial charge in [-0.15, -0.1) is 0 Å². The Hall–Kier alpha value is -1.36. The van der Waals surface area contributed by atoms with E-state index in [9.17, 15) is 4.79 Å². The van der Waals surface area contributed by atoms with Crippen molar-refractivity contribution in [3.63, 3.8) is 0 Å². The zero-order chi connectivity index (χ0) is 14.0. The lowest BCUT2D eigenvalue weighted by atomic mass is 10.00. The van der Waals surface area contributed by atoms with Crippen molar-refractivity contribution in [2.75, 3.05) is 5.43 Å². The molecule has 2 N–H and O–H groups in total. The lowest BCUT2D eigenvalue weighted by Crippen LogP contribution is -2.47. The van der Waals surface area contributed by atoms with Crippen LogP contribution in [-0.2, 0) is 0 Å². The van der Waals surface area contributed by atoms with Gasteiger partial charge in [-0.2, -0.15) is 0 Å². The summed E-state index contributed by atoms with van der Waals surface area (Å²) < 4.78 is 0. The molecule has 2 atom stereocenters. The molecule has 1 aromatic heterocycles. The molecule has 0 amide bonds. The van der Waals surface area contributed by atoms with Crippen LogP contribution >= 0.6 is 0 Å². The number of hydrogen-bond donors (Lipinski definition) is 2. The molecule has 1 saturated heterocycles. The summed E-state index contributed by atoms with van der Waals surface area (Å²) in [6.07, 6.45) is 3.62. The quantitative estimate of drug-likeness (QED) is 0.880. The van der Waals surface area contributed by atoms with E-state index in [2.05, 4.69) is 34.3 Å². The minimum absolute atomic E-state index is 0.0986. The Morgan fingerprint density at radius 1 is 1.37 bits per heavy atom. The van der Waals surface area contributed by atoms with E-state index in [0.717, 1.165) is 5.82 Å². The Balaban J connectivity index is 2.20. The monoisotopic (exact) mass is 264 g/mol. The molecule has 0 saturated carbocycles. The molecule has 0 bridgehead atoms. The number of anilines is 1. The predicted octanol–water partition coefficient (Wildman–Crippen LogP) is 2.48. The lowest BCUT2D eigenvalue weighted by Gasteiger charge is -2.39. The van der Waals surface area contributed by atoms with E-state index in [4.69, 9.17) is 0 Å². The van der Waals surface area contributed by atoms with Crippen molar-refractivity contribution >= 4 is 5.82 Å². The van der Waals surface area contributed by atoms with Gasteiger partial charge in [0.05, 0.1) is 0 Å². The SMILES string of the molecule is CC(C)c1nc(NN2C(C)CCCC2C)cc(=O)[nH]1. The molecule has 2 heterocycles. The second kappa shape index (κ2) is 5.74. The summed E-state index contributed by atoms with van der Waals surface area (Å²) >= 11 is 0. The van der Waals surface area contributed by atoms with Crippen molar-refractivity contribution < 1.29 is 0 Å². The van der Waals surface area contributed by atoms with Gasteiger partial charge < -0.3 is 10.4 Å². The number of aromatic nitrogens is 2. The van der Waals surface area contributed by atoms with Crippen LogP contribution < -0.4 is 11.0 Å². The van der Waals surface area contributed by atoms with Gasteiger partial charge in [-0.1, -0.05) is 20.3 Å². The van der Waals surface area contributed by atoms with Crippen LogP contribution in [0.4, 0.5) is 5.82 Å². The first-order valence-electron chi connectivity index (χ1n) is 7.13. The summed E-state index contributed by atoms with van der Waals surface area (Å²) in [6, 6.07) is 2.46. The Kier molecular flexibility index (Phi) is 4.24. The van der Waals surface area contributed by atoms with Crippen LogP contribution in [0.2, 0.25) is 0 Å². The lowest BCUT2D eigenvalue weighted by molar-refractivity contribution is 0.135. The van der Waals surface area contributed by atoms with Crippen molar-refractivity contribution in [1.82, 2.24) is 15.0 Å². The van der Waals surface area contributed by atoms with E-state index in [1.165, 1.54) is 25.3 Å². The van der Waals surface area contributed by atoms with Crippen molar-refractivity contribution in [2.45, 2.75) is 65.0 Å². The number of hydrogen-bond acceptors (Lipinski definition) is 4. The maximum atomic E-state index is 11.7. The number of rotatable bonds is 3. The number of piperidine rings is 1. The Bertz CT molecular complexity index is 473. The van der Waals surface area contributed by atoms with E-state index in [1.807, 2.05) is 13.8 Å². The number of nitrogens with one attached hydrogen (secondary N) is 2. The van der Waals surface area contributed by atoms with E-state index in [0.29, 0.717) is 17.9 Å². The van der Waals surface area contributed by atoms with Crippen LogP contribution in [0, 0.1) is 0 Å². The molecule has 1 aromatic rings. The summed E-state index contributed by atoms with van der Waals surface area (Å²) in [5, 5.41) is 2.22. The summed E-state index contributed by atoms with van der Waals surface area (Å²) in [5.41, 5.74) is 3.22. The fourth-order valence-corrected chi connectivity index (χ4v) is 2.58. The van der Waals surface area contributed by atoms with Crippen LogP contribution in [0.25, 0.3) is 0 Å². The fourth-order valence-electron chi connectivity index (χ4n) is 2.58. The highest BCUT2D eigenvalue weighted by molar-refractivity contribution is 5.32. The van der Waals surface area contributed by atoms with E-state index in [-0.39, 0.29) is 11.5 Å². The molecule has 106 valence electrons. The topological polar surface area (TPSA) is 61.0 Å². The minimum Gasteiger partial charge on any atom is -0.310 e. The molecule has 1 aliphatic heterocycles. The molecule has 5 nitrogen and oxygen atoms in total. The zero-order valence-corrected chi connectivity index (χ0v) is 12.2. The third-order valence-corrected chi connectivity index (χ3v) is 3.74. The molecule has 1 aliphatic rings. The van der Waals surface area contributed by atoms with Gasteiger partial charge >= 0.3 is 0 Å². The first kappa shape index (κ1) is 14.1. The standard InChI is InChI=1S/C14H24N4O/c1-9(2)14-15-12(8-13(19)16-14)17-18-10(3)6-5-7-11(18)4/h8-11H,5-7H2,1-4H3,(H2,15,16,17,19). The van der Waals surface area contributed by atoms with E-state index < -0.39 is 0 Å². The second-order valence-corrected chi connectivity index (χ2v) is 5.82. The average Bonchev–Trinajstić information content (AvgIpc) is 2.33. The first-order valence-corrected chi connectivity index (χ1v) is 7.13. The molecule has 2 rings (SSSR count). The van der Waals surface area contributed by atoms with Gasteiger partial charge in [-0.25, -0.2) is 9.99 Å². The van der Waals surface area contributed by atoms with Crippen molar-refractivity contribution in [2.24, 2.45) is 0 Å². The van der Waals surface area contributed by atoms with Crippen molar-refractivity contribution in [3.8, 4) is 0 Å². The van der Waals surface area contributed by atoms with Gasteiger partial charge in [-0.3, -0.25) is 4.79 Å². The van der Waals surface area contributed by atoms with E-state index >= 15 is 0 Å². The molecule has 1 fully saturated rings. The number of H-pyrrole nitrogens is 1. The van der Waals surface area contributed by atoms with Crippen molar-refractivity contribution in [3.05, 3.63) is 22.2 Å². The average molecular weight is 264 g/mol. The normalized spacial score (nSPS) is 24.7. The van der Waals surface area contributed by atoms with Gasteiger partial charge in [0.15, 0.2) is 0 Å². The predicted molar refractivity (Wildman–Crippen MR) is 77.2 cm³/mol. The molecule has 2 unspecified atom stereocenters. The maximum Gasteiger partial charge on any atom is 0.253 e. The van der Waals surface area contributed by atoms with Crippen LogP contribution in [0.5, 0.6) is 0 Å². The van der Waals surface area contributed by atoms with Crippen LogP contribution in [-0.4, -0.2) is 27.1 Å². The third kappa shape index (κ3) is 3.35. The van der Waals surface area contributed by atoms with Gasteiger partial charge in [-0.05, 0) is 26.7 Å². The number of nitrogens with zero attached hydrogens (tertiary/aromatic N) is 2. The second-order valence-electron chi connectivity index (χ2n) is 5.82. The summed E-state index contributed by atoms with van der Waals surface area (Å²) in [6.45, 7) is 8.46. The molecule has 0 radical (unpaired) electrons. The highest BCUT2D eigenvalue weighted by Crippen LogP contribution is 2.22. The largest absolute Gasteiger partial charge is 0.310 e. The highest BCUT2D eigenvalue weighted by atomic mass is 16.1. The molecular weight excluding hydrogens is 240 g/mol. The van der Waals surface area contributed by atoms with E-state index in [1.54, 1.807) is 0 Å². The van der Waals surface area contributed by atoms with Gasteiger partial charge in [0.1, 0.15) is 11.6 Å². The van der Waals surface area contributed by atoms with Crippen LogP contribution in [0.15, 0.2) is 10.9 Å². The summed E-state index contributed by atoms with van der Waals surface area (Å²) in [7, 11) is 0. The summed E-state index contributed by atoms with van der Waals surface area (Å²) in [5.74, 6) is 1.59. The van der Waals surface area contributed by atoms with Crippen LogP contribution in [0.1, 0.15) is 58.7 Å². The fraction of sp³-hybridized carbons (Fsp3) is 0.714. The molecule has 19 heavy (non-hydrogen) atoms. The molecule has 0 aromatic carbocycles. The third-order valence-electron chi connectivity index (χ3n) is 3.74. The molecule has 0 spiro atoms. The minimum atomic E-state index is -0.0986. The molecule has 5 heteroatoms. The number of aromatic amines is 1. The Morgan fingerprint density at radius 3 is 2.58 bits per heavy atom. The highest BCUT2D eigenvalue weighted by Gasteiger charge is 2.25. The Morgan fingerprint density at radius 2 is 2.00 bits per heavy atom. The smallest absolute Gasteiger partial charge is 0.253 e. The summed E-state index contributed by atoms with van der Waals surface area (Å²) in [4.78, 5) is 18.9. The first-order chi connectivity index (χ1) is 8.97. The molecular formula is C14H24N4O. The molecule has 0 aliphatic carbocycles. The van der Waals surface area contributed by atoms with Gasteiger partial charge in [0.2, 0.25) is 0 Å². The van der Waals surface area contributed by atoms with Gasteiger partial charge in [0, 0.05) is 24.1 Å².